The molecule has 0 aliphatic rings. The van der Waals surface area contributed by atoms with Gasteiger partial charge < -0.3 is 10.6 Å². The van der Waals surface area contributed by atoms with Crippen LogP contribution in [0.4, 0.5) is 0 Å². The summed E-state index contributed by atoms with van der Waals surface area (Å²) in [6, 6.07) is 11.6. The molecule has 0 radical (unpaired) electrons. The topological polar surface area (TPSA) is 54.0 Å². The van der Waals surface area contributed by atoms with Gasteiger partial charge in [-0.1, -0.05) is 29.8 Å². The maximum atomic E-state index is 11.7. The summed E-state index contributed by atoms with van der Waals surface area (Å²) >= 11 is 5.84. The van der Waals surface area contributed by atoms with Crippen molar-refractivity contribution in [1.82, 2.24) is 15.6 Å². The van der Waals surface area contributed by atoms with E-state index in [1.54, 1.807) is 12.4 Å². The van der Waals surface area contributed by atoms with Gasteiger partial charge in [0.2, 0.25) is 5.91 Å². The minimum absolute atomic E-state index is 0.0443. The lowest BCUT2D eigenvalue weighted by molar-refractivity contribution is -0.121. The maximum Gasteiger partial charge on any atom is 0.221 e. The predicted octanol–water partition coefficient (Wildman–Crippen LogP) is 2.57. The second kappa shape index (κ2) is 9.18. The van der Waals surface area contributed by atoms with Gasteiger partial charge in [0, 0.05) is 36.9 Å². The summed E-state index contributed by atoms with van der Waals surface area (Å²) in [6.45, 7) is 2.04. The Kier molecular flexibility index (Phi) is 6.87. The number of amides is 1. The summed E-state index contributed by atoms with van der Waals surface area (Å²) in [6.07, 6.45) is 4.87. The number of hydrogen-bond donors (Lipinski definition) is 2. The number of hydrogen-bond acceptors (Lipinski definition) is 3. The molecule has 1 aromatic heterocycles. The molecular formula is C17H20ClN3O. The maximum absolute atomic E-state index is 11.7. The third-order valence-electron chi connectivity index (χ3n) is 3.25. The minimum atomic E-state index is 0.0443. The third-order valence-corrected chi connectivity index (χ3v) is 3.50. The lowest BCUT2D eigenvalue weighted by atomic mass is 10.1. The lowest BCUT2D eigenvalue weighted by Crippen LogP contribution is -2.28. The van der Waals surface area contributed by atoms with E-state index < -0.39 is 0 Å². The van der Waals surface area contributed by atoms with E-state index in [4.69, 9.17) is 11.6 Å². The molecule has 0 saturated heterocycles. The molecule has 0 fully saturated rings. The average Bonchev–Trinajstić information content (AvgIpc) is 2.55. The zero-order chi connectivity index (χ0) is 15.6. The van der Waals surface area contributed by atoms with Gasteiger partial charge in [-0.25, -0.2) is 0 Å². The molecule has 0 spiro atoms. The second-order valence-corrected chi connectivity index (χ2v) is 5.45. The average molecular weight is 318 g/mol. The largest absolute Gasteiger partial charge is 0.352 e. The Morgan fingerprint density at radius 3 is 2.64 bits per heavy atom. The highest BCUT2D eigenvalue weighted by Crippen LogP contribution is 2.09. The Labute approximate surface area is 135 Å². The number of carbonyl (C=O) groups excluding carboxylic acids is 1. The van der Waals surface area contributed by atoms with Gasteiger partial charge in [-0.3, -0.25) is 9.78 Å². The van der Waals surface area contributed by atoms with Gasteiger partial charge >= 0.3 is 0 Å². The van der Waals surface area contributed by atoms with Crippen molar-refractivity contribution >= 4 is 17.5 Å². The first-order chi connectivity index (χ1) is 10.7. The second-order valence-electron chi connectivity index (χ2n) is 5.01. The number of benzene rings is 1. The van der Waals surface area contributed by atoms with E-state index in [-0.39, 0.29) is 5.91 Å². The van der Waals surface area contributed by atoms with Crippen LogP contribution in [0.25, 0.3) is 0 Å². The highest BCUT2D eigenvalue weighted by molar-refractivity contribution is 6.30. The van der Waals surface area contributed by atoms with Crippen LogP contribution in [-0.4, -0.2) is 24.0 Å². The molecule has 2 N–H and O–H groups in total. The Morgan fingerprint density at radius 1 is 1.09 bits per heavy atom. The molecule has 1 aromatic carbocycles. The van der Waals surface area contributed by atoms with Crippen molar-refractivity contribution < 1.29 is 4.79 Å². The predicted molar refractivity (Wildman–Crippen MR) is 88.7 cm³/mol. The highest BCUT2D eigenvalue weighted by atomic mass is 35.5. The molecule has 5 heteroatoms. The van der Waals surface area contributed by atoms with E-state index in [1.807, 2.05) is 36.4 Å². The molecule has 1 heterocycles. The van der Waals surface area contributed by atoms with E-state index in [0.717, 1.165) is 23.6 Å². The third kappa shape index (κ3) is 6.24. The Balaban J connectivity index is 1.54. The molecule has 22 heavy (non-hydrogen) atoms. The van der Waals surface area contributed by atoms with E-state index in [9.17, 15) is 4.79 Å². The summed E-state index contributed by atoms with van der Waals surface area (Å²) in [5.74, 6) is 0.0443. The van der Waals surface area contributed by atoms with Crippen LogP contribution in [-0.2, 0) is 17.8 Å². The molecule has 0 aliphatic carbocycles. The number of halogens is 1. The van der Waals surface area contributed by atoms with Crippen LogP contribution in [0.5, 0.6) is 0 Å². The molecule has 0 atom stereocenters. The molecule has 1 amide bonds. The molecular weight excluding hydrogens is 298 g/mol. The van der Waals surface area contributed by atoms with Crippen molar-refractivity contribution in [3.05, 3.63) is 64.9 Å². The molecule has 0 aliphatic heterocycles. The van der Waals surface area contributed by atoms with Crippen molar-refractivity contribution in [3.63, 3.8) is 0 Å². The number of pyridine rings is 1. The van der Waals surface area contributed by atoms with Crippen LogP contribution in [0.1, 0.15) is 17.5 Å². The minimum Gasteiger partial charge on any atom is -0.352 e. The summed E-state index contributed by atoms with van der Waals surface area (Å²) in [5.41, 5.74) is 2.24. The van der Waals surface area contributed by atoms with Crippen molar-refractivity contribution in [2.24, 2.45) is 0 Å². The van der Waals surface area contributed by atoms with E-state index in [0.29, 0.717) is 19.5 Å². The monoisotopic (exact) mass is 317 g/mol. The van der Waals surface area contributed by atoms with Crippen LogP contribution in [0.15, 0.2) is 48.8 Å². The molecule has 2 rings (SSSR count). The van der Waals surface area contributed by atoms with Crippen molar-refractivity contribution in [2.45, 2.75) is 19.4 Å². The summed E-state index contributed by atoms with van der Waals surface area (Å²) in [4.78, 5) is 15.7. The summed E-state index contributed by atoms with van der Waals surface area (Å²) < 4.78 is 0. The van der Waals surface area contributed by atoms with Crippen LogP contribution >= 0.6 is 11.6 Å². The quantitative estimate of drug-likeness (QED) is 0.736. The van der Waals surface area contributed by atoms with Gasteiger partial charge in [0.25, 0.3) is 0 Å². The fourth-order valence-electron chi connectivity index (χ4n) is 2.00. The first-order valence-corrected chi connectivity index (χ1v) is 7.72. The summed E-state index contributed by atoms with van der Waals surface area (Å²) in [7, 11) is 0. The van der Waals surface area contributed by atoms with Crippen molar-refractivity contribution in [1.29, 1.82) is 0 Å². The number of nitrogens with one attached hydrogen (secondary N) is 2. The fourth-order valence-corrected chi connectivity index (χ4v) is 2.13. The lowest BCUT2D eigenvalue weighted by Gasteiger charge is -2.07. The standard InChI is InChI=1S/C17H20ClN3O/c18-16-5-3-14(4-6-16)7-10-19-11-8-17(22)21-13-15-2-1-9-20-12-15/h1-6,9,12,19H,7-8,10-11,13H2,(H,21,22). The van der Waals surface area contributed by atoms with Gasteiger partial charge in [-0.2, -0.15) is 0 Å². The fraction of sp³-hybridized carbons (Fsp3) is 0.294. The van der Waals surface area contributed by atoms with Gasteiger partial charge in [0.05, 0.1) is 0 Å². The van der Waals surface area contributed by atoms with Crippen LogP contribution in [0.2, 0.25) is 5.02 Å². The van der Waals surface area contributed by atoms with E-state index in [2.05, 4.69) is 15.6 Å². The van der Waals surface area contributed by atoms with Gasteiger partial charge in [0.1, 0.15) is 0 Å². The van der Waals surface area contributed by atoms with Gasteiger partial charge in [-0.15, -0.1) is 0 Å². The van der Waals surface area contributed by atoms with Crippen LogP contribution in [0, 0.1) is 0 Å². The Morgan fingerprint density at radius 2 is 1.91 bits per heavy atom. The number of carbonyl (C=O) groups is 1. The van der Waals surface area contributed by atoms with Crippen LogP contribution in [0.3, 0.4) is 0 Å². The molecule has 0 bridgehead atoms. The van der Waals surface area contributed by atoms with E-state index >= 15 is 0 Å². The van der Waals surface area contributed by atoms with Crippen molar-refractivity contribution in [2.75, 3.05) is 13.1 Å². The Hall–Kier alpha value is -1.91. The van der Waals surface area contributed by atoms with Crippen molar-refractivity contribution in [3.8, 4) is 0 Å². The Bertz CT molecular complexity index is 572. The normalized spacial score (nSPS) is 10.4. The smallest absolute Gasteiger partial charge is 0.221 e. The zero-order valence-corrected chi connectivity index (χ0v) is 13.1. The first-order valence-electron chi connectivity index (χ1n) is 7.35. The van der Waals surface area contributed by atoms with Gasteiger partial charge in [-0.05, 0) is 42.3 Å². The highest BCUT2D eigenvalue weighted by Gasteiger charge is 2.01. The molecule has 0 unspecified atom stereocenters. The number of nitrogens with zero attached hydrogens (tertiary/aromatic N) is 1. The van der Waals surface area contributed by atoms with Gasteiger partial charge in [0.15, 0.2) is 0 Å². The summed E-state index contributed by atoms with van der Waals surface area (Å²) in [5, 5.41) is 6.90. The first kappa shape index (κ1) is 16.5. The number of aromatic nitrogens is 1. The zero-order valence-electron chi connectivity index (χ0n) is 12.4. The number of rotatable bonds is 8. The molecule has 116 valence electrons. The molecule has 0 saturated carbocycles. The molecule has 4 nitrogen and oxygen atoms in total. The SMILES string of the molecule is O=C(CCNCCc1ccc(Cl)cc1)NCc1cccnc1. The van der Waals surface area contributed by atoms with E-state index in [1.165, 1.54) is 5.56 Å². The molecule has 2 aromatic rings. The van der Waals surface area contributed by atoms with Crippen LogP contribution < -0.4 is 10.6 Å².